The van der Waals surface area contributed by atoms with Crippen LogP contribution in [0.15, 0.2) is 18.2 Å². The molecule has 1 aromatic heterocycles. The van der Waals surface area contributed by atoms with Crippen LogP contribution in [0.3, 0.4) is 0 Å². The van der Waals surface area contributed by atoms with Crippen molar-refractivity contribution in [3.05, 3.63) is 23.2 Å². The van der Waals surface area contributed by atoms with Crippen molar-refractivity contribution in [3.63, 3.8) is 0 Å². The van der Waals surface area contributed by atoms with Gasteiger partial charge in [0.25, 0.3) is 0 Å². The summed E-state index contributed by atoms with van der Waals surface area (Å²) in [6, 6.07) is 5.71. The van der Waals surface area contributed by atoms with Gasteiger partial charge in [0.05, 0.1) is 12.7 Å². The van der Waals surface area contributed by atoms with Crippen LogP contribution in [0.4, 0.5) is 5.95 Å². The van der Waals surface area contributed by atoms with Gasteiger partial charge in [-0.25, -0.2) is 0 Å². The molecule has 1 saturated heterocycles. The van der Waals surface area contributed by atoms with Crippen LogP contribution in [-0.2, 0) is 0 Å². The average molecular weight is 308 g/mol. The van der Waals surface area contributed by atoms with Crippen LogP contribution in [0.5, 0.6) is 5.75 Å². The Hall–Kier alpha value is -1.79. The minimum Gasteiger partial charge on any atom is -0.496 e. The minimum atomic E-state index is 0.285. The van der Waals surface area contributed by atoms with Crippen LogP contribution in [0, 0.1) is 0 Å². The maximum atomic E-state index is 6.05. The summed E-state index contributed by atoms with van der Waals surface area (Å²) >= 11 is 6.05. The molecule has 0 spiro atoms. The van der Waals surface area contributed by atoms with E-state index >= 15 is 0 Å². The van der Waals surface area contributed by atoms with E-state index in [1.54, 1.807) is 13.2 Å². The molecule has 0 atom stereocenters. The summed E-state index contributed by atoms with van der Waals surface area (Å²) in [7, 11) is 1.62. The van der Waals surface area contributed by atoms with Gasteiger partial charge in [0, 0.05) is 24.2 Å². The highest BCUT2D eigenvalue weighted by atomic mass is 35.5. The molecule has 112 valence electrons. The van der Waals surface area contributed by atoms with Gasteiger partial charge in [0.1, 0.15) is 5.75 Å². The maximum Gasteiger partial charge on any atom is 0.245 e. The molecule has 1 aromatic carbocycles. The standard InChI is InChI=1S/C14H18ClN5O/c1-21-12-3-2-9(15)8-11(12)13-17-14(19-18-13)20-6-4-10(16)5-7-20/h2-3,8,10H,4-7,16H2,1H3,(H,17,18,19). The lowest BCUT2D eigenvalue weighted by Gasteiger charge is -2.28. The number of H-pyrrole nitrogens is 1. The van der Waals surface area contributed by atoms with Crippen LogP contribution in [-0.4, -0.2) is 41.4 Å². The first-order valence-corrected chi connectivity index (χ1v) is 7.32. The number of nitrogens with zero attached hydrogens (tertiary/aromatic N) is 3. The smallest absolute Gasteiger partial charge is 0.245 e. The SMILES string of the molecule is COc1ccc(Cl)cc1-c1nc(N2CCC(N)CC2)n[nH]1. The van der Waals surface area contributed by atoms with Crippen molar-refractivity contribution in [3.8, 4) is 17.1 Å². The molecule has 3 N–H and O–H groups in total. The van der Waals surface area contributed by atoms with Crippen LogP contribution in [0.25, 0.3) is 11.4 Å². The van der Waals surface area contributed by atoms with Crippen LogP contribution in [0.2, 0.25) is 5.02 Å². The highest BCUT2D eigenvalue weighted by molar-refractivity contribution is 6.30. The van der Waals surface area contributed by atoms with Gasteiger partial charge in [0.15, 0.2) is 5.82 Å². The Kier molecular flexibility index (Phi) is 3.98. The van der Waals surface area contributed by atoms with E-state index in [2.05, 4.69) is 20.1 Å². The van der Waals surface area contributed by atoms with Gasteiger partial charge in [0.2, 0.25) is 5.95 Å². The summed E-state index contributed by atoms with van der Waals surface area (Å²) in [5.41, 5.74) is 6.72. The molecule has 21 heavy (non-hydrogen) atoms. The van der Waals surface area contributed by atoms with Gasteiger partial charge in [-0.15, -0.1) is 5.10 Å². The lowest BCUT2D eigenvalue weighted by Crippen LogP contribution is -2.40. The fourth-order valence-electron chi connectivity index (χ4n) is 2.48. The van der Waals surface area contributed by atoms with Gasteiger partial charge in [-0.3, -0.25) is 5.10 Å². The van der Waals surface area contributed by atoms with Gasteiger partial charge in [-0.2, -0.15) is 4.98 Å². The fraction of sp³-hybridized carbons (Fsp3) is 0.429. The number of aromatic nitrogens is 3. The molecule has 1 fully saturated rings. The molecule has 0 radical (unpaired) electrons. The summed E-state index contributed by atoms with van der Waals surface area (Å²) in [6.07, 6.45) is 1.93. The van der Waals surface area contributed by atoms with Crippen molar-refractivity contribution in [1.29, 1.82) is 0 Å². The maximum absolute atomic E-state index is 6.05. The van der Waals surface area contributed by atoms with E-state index in [0.29, 0.717) is 22.5 Å². The van der Waals surface area contributed by atoms with E-state index in [4.69, 9.17) is 22.1 Å². The highest BCUT2D eigenvalue weighted by Gasteiger charge is 2.20. The fourth-order valence-corrected chi connectivity index (χ4v) is 2.65. The summed E-state index contributed by atoms with van der Waals surface area (Å²) in [5, 5.41) is 7.89. The van der Waals surface area contributed by atoms with Gasteiger partial charge >= 0.3 is 0 Å². The second-order valence-electron chi connectivity index (χ2n) is 5.15. The summed E-state index contributed by atoms with van der Waals surface area (Å²) in [5.74, 6) is 2.06. The molecule has 7 heteroatoms. The number of nitrogens with two attached hydrogens (primary N) is 1. The van der Waals surface area contributed by atoms with Crippen LogP contribution < -0.4 is 15.4 Å². The molecule has 3 rings (SSSR count). The van der Waals surface area contributed by atoms with E-state index in [-0.39, 0.29) is 6.04 Å². The van der Waals surface area contributed by atoms with Crippen molar-refractivity contribution in [2.24, 2.45) is 5.73 Å². The quantitative estimate of drug-likeness (QED) is 0.907. The molecule has 1 aliphatic heterocycles. The molecular formula is C14H18ClN5O. The molecule has 0 aliphatic carbocycles. The Bertz CT molecular complexity index is 622. The summed E-state index contributed by atoms with van der Waals surface area (Å²) in [6.45, 7) is 1.76. The summed E-state index contributed by atoms with van der Waals surface area (Å²) in [4.78, 5) is 6.70. The number of aromatic amines is 1. The Morgan fingerprint density at radius 2 is 2.14 bits per heavy atom. The highest BCUT2D eigenvalue weighted by Crippen LogP contribution is 2.31. The van der Waals surface area contributed by atoms with E-state index in [0.717, 1.165) is 31.5 Å². The Morgan fingerprint density at radius 3 is 2.86 bits per heavy atom. The number of piperidine rings is 1. The third-order valence-electron chi connectivity index (χ3n) is 3.71. The predicted octanol–water partition coefficient (Wildman–Crippen LogP) is 2.06. The number of ether oxygens (including phenoxy) is 1. The van der Waals surface area contributed by atoms with E-state index in [1.165, 1.54) is 0 Å². The number of hydrogen-bond acceptors (Lipinski definition) is 5. The van der Waals surface area contributed by atoms with Crippen LogP contribution in [0.1, 0.15) is 12.8 Å². The van der Waals surface area contributed by atoms with Crippen molar-refractivity contribution in [1.82, 2.24) is 15.2 Å². The number of nitrogens with one attached hydrogen (secondary N) is 1. The normalized spacial score (nSPS) is 16.2. The number of methoxy groups -OCH3 is 1. The molecule has 0 saturated carbocycles. The Balaban J connectivity index is 1.86. The van der Waals surface area contributed by atoms with E-state index < -0.39 is 0 Å². The first-order chi connectivity index (χ1) is 10.2. The zero-order chi connectivity index (χ0) is 14.8. The summed E-state index contributed by atoms with van der Waals surface area (Å²) < 4.78 is 5.35. The monoisotopic (exact) mass is 307 g/mol. The lowest BCUT2D eigenvalue weighted by molar-refractivity contribution is 0.416. The third kappa shape index (κ3) is 2.96. The number of halogens is 1. The van der Waals surface area contributed by atoms with Crippen molar-refractivity contribution in [2.75, 3.05) is 25.1 Å². The predicted molar refractivity (Wildman–Crippen MR) is 82.8 cm³/mol. The lowest BCUT2D eigenvalue weighted by atomic mass is 10.1. The topological polar surface area (TPSA) is 80.1 Å². The largest absolute Gasteiger partial charge is 0.496 e. The van der Waals surface area contributed by atoms with Gasteiger partial charge in [-0.05, 0) is 31.0 Å². The molecule has 0 unspecified atom stereocenters. The van der Waals surface area contributed by atoms with Crippen LogP contribution >= 0.6 is 11.6 Å². The molecule has 0 bridgehead atoms. The zero-order valence-electron chi connectivity index (χ0n) is 11.8. The van der Waals surface area contributed by atoms with Gasteiger partial charge in [-0.1, -0.05) is 11.6 Å². The molecule has 1 aliphatic rings. The molecule has 2 heterocycles. The molecule has 2 aromatic rings. The number of benzene rings is 1. The number of rotatable bonds is 3. The van der Waals surface area contributed by atoms with Crippen molar-refractivity contribution >= 4 is 17.5 Å². The molecular weight excluding hydrogens is 290 g/mol. The Morgan fingerprint density at radius 1 is 1.38 bits per heavy atom. The average Bonchev–Trinajstić information content (AvgIpc) is 2.97. The minimum absolute atomic E-state index is 0.285. The van der Waals surface area contributed by atoms with Gasteiger partial charge < -0.3 is 15.4 Å². The second-order valence-corrected chi connectivity index (χ2v) is 5.59. The second kappa shape index (κ2) is 5.91. The van der Waals surface area contributed by atoms with E-state index in [1.807, 2.05) is 12.1 Å². The zero-order valence-corrected chi connectivity index (χ0v) is 12.6. The molecule has 6 nitrogen and oxygen atoms in total. The van der Waals surface area contributed by atoms with Crippen molar-refractivity contribution in [2.45, 2.75) is 18.9 Å². The first kappa shape index (κ1) is 14.2. The Labute approximate surface area is 128 Å². The first-order valence-electron chi connectivity index (χ1n) is 6.94. The molecule has 0 amide bonds. The van der Waals surface area contributed by atoms with Crippen molar-refractivity contribution < 1.29 is 4.74 Å². The van der Waals surface area contributed by atoms with E-state index in [9.17, 15) is 0 Å². The number of anilines is 1. The number of hydrogen-bond donors (Lipinski definition) is 2. The third-order valence-corrected chi connectivity index (χ3v) is 3.95.